The number of nitrogens with zero attached hydrogens (tertiary/aromatic N) is 1. The molecule has 2 nitrogen and oxygen atoms in total. The molecular formula is C9H6N2. The van der Waals surface area contributed by atoms with Gasteiger partial charge in [0, 0.05) is 11.8 Å². The molecule has 0 saturated carbocycles. The Morgan fingerprint density at radius 1 is 1.27 bits per heavy atom. The first kappa shape index (κ1) is 5.99. The second kappa shape index (κ2) is 2.47. The number of aromatic amines is 1. The molecule has 11 heavy (non-hydrogen) atoms. The predicted octanol–water partition coefficient (Wildman–Crippen LogP) is 1.68. The minimum Gasteiger partial charge on any atom is -0.278 e. The summed E-state index contributed by atoms with van der Waals surface area (Å²) in [5.74, 6) is 0. The lowest BCUT2D eigenvalue weighted by atomic mass is 10.2. The average molecular weight is 142 g/mol. The third kappa shape index (κ3) is 1.08. The van der Waals surface area contributed by atoms with Crippen molar-refractivity contribution in [2.24, 2.45) is 0 Å². The lowest BCUT2D eigenvalue weighted by Crippen LogP contribution is -1.74. The van der Waals surface area contributed by atoms with Crippen LogP contribution >= 0.6 is 0 Å². The second-order valence-corrected chi connectivity index (χ2v) is 2.19. The largest absolute Gasteiger partial charge is 0.278 e. The molecule has 0 aliphatic rings. The fourth-order valence-corrected chi connectivity index (χ4v) is 0.931. The van der Waals surface area contributed by atoms with Crippen LogP contribution in [0.2, 0.25) is 0 Å². The lowest BCUT2D eigenvalue weighted by Gasteiger charge is -1.90. The Kier molecular flexibility index (Phi) is 1.35. The lowest BCUT2D eigenvalue weighted by molar-refractivity contribution is 1.10. The van der Waals surface area contributed by atoms with E-state index in [9.17, 15) is 0 Å². The van der Waals surface area contributed by atoms with E-state index in [4.69, 9.17) is 0 Å². The van der Waals surface area contributed by atoms with E-state index in [-0.39, 0.29) is 0 Å². The zero-order valence-electron chi connectivity index (χ0n) is 5.83. The summed E-state index contributed by atoms with van der Waals surface area (Å²) in [5, 5.41) is 6.72. The van der Waals surface area contributed by atoms with Crippen LogP contribution in [-0.2, 0) is 0 Å². The first-order valence-corrected chi connectivity index (χ1v) is 3.34. The molecule has 2 heteroatoms. The van der Waals surface area contributed by atoms with Gasteiger partial charge in [0.05, 0.1) is 5.69 Å². The molecule has 1 aromatic heterocycles. The molecule has 0 atom stereocenters. The Bertz CT molecular complexity index is 311. The zero-order valence-corrected chi connectivity index (χ0v) is 5.83. The van der Waals surface area contributed by atoms with Crippen LogP contribution in [0.15, 0.2) is 30.5 Å². The SMILES string of the molecule is c1ccc(-c2ccn[nH]2)cc#1. The van der Waals surface area contributed by atoms with Crippen molar-refractivity contribution < 1.29 is 0 Å². The molecule has 2 rings (SSSR count). The molecule has 1 heterocycles. The molecule has 2 aromatic rings. The summed E-state index contributed by atoms with van der Waals surface area (Å²) in [5.41, 5.74) is 2.09. The summed E-state index contributed by atoms with van der Waals surface area (Å²) >= 11 is 0. The molecule has 1 aromatic carbocycles. The van der Waals surface area contributed by atoms with E-state index in [2.05, 4.69) is 22.3 Å². The first-order chi connectivity index (χ1) is 5.47. The van der Waals surface area contributed by atoms with Crippen LogP contribution in [0.4, 0.5) is 0 Å². The molecule has 0 fully saturated rings. The average Bonchev–Trinajstić information content (AvgIpc) is 2.58. The highest BCUT2D eigenvalue weighted by molar-refractivity contribution is 5.56. The van der Waals surface area contributed by atoms with Gasteiger partial charge in [0.15, 0.2) is 0 Å². The fraction of sp³-hybridized carbons (Fsp3) is 0. The number of rotatable bonds is 1. The summed E-state index contributed by atoms with van der Waals surface area (Å²) in [6.45, 7) is 0. The van der Waals surface area contributed by atoms with Gasteiger partial charge in [-0.05, 0) is 24.3 Å². The number of hydrogen-bond donors (Lipinski definition) is 1. The van der Waals surface area contributed by atoms with E-state index in [1.54, 1.807) is 6.20 Å². The van der Waals surface area contributed by atoms with E-state index in [0.29, 0.717) is 0 Å². The van der Waals surface area contributed by atoms with Gasteiger partial charge in [-0.15, -0.1) is 0 Å². The third-order valence-corrected chi connectivity index (χ3v) is 1.47. The van der Waals surface area contributed by atoms with E-state index < -0.39 is 0 Å². The smallest absolute Gasteiger partial charge is 0.0656 e. The van der Waals surface area contributed by atoms with E-state index in [1.807, 2.05) is 24.3 Å². The van der Waals surface area contributed by atoms with Crippen LogP contribution in [0.3, 0.4) is 0 Å². The van der Waals surface area contributed by atoms with Gasteiger partial charge in [-0.25, -0.2) is 0 Å². The molecule has 0 aliphatic carbocycles. The van der Waals surface area contributed by atoms with Crippen LogP contribution in [0.5, 0.6) is 0 Å². The van der Waals surface area contributed by atoms with Gasteiger partial charge in [0.1, 0.15) is 0 Å². The molecule has 1 N–H and O–H groups in total. The van der Waals surface area contributed by atoms with Crippen molar-refractivity contribution in [3.05, 3.63) is 42.6 Å². The van der Waals surface area contributed by atoms with Crippen molar-refractivity contribution in [1.82, 2.24) is 10.2 Å². The van der Waals surface area contributed by atoms with Gasteiger partial charge in [-0.3, -0.25) is 5.10 Å². The summed E-state index contributed by atoms with van der Waals surface area (Å²) in [4.78, 5) is 0. The van der Waals surface area contributed by atoms with Crippen LogP contribution in [0.1, 0.15) is 0 Å². The Balaban J connectivity index is 2.46. The van der Waals surface area contributed by atoms with Gasteiger partial charge in [-0.1, -0.05) is 12.1 Å². The molecule has 0 bridgehead atoms. The maximum Gasteiger partial charge on any atom is 0.0656 e. The van der Waals surface area contributed by atoms with Crippen LogP contribution in [0, 0.1) is 12.1 Å². The predicted molar refractivity (Wildman–Crippen MR) is 41.7 cm³/mol. The van der Waals surface area contributed by atoms with Crippen molar-refractivity contribution in [2.75, 3.05) is 0 Å². The molecule has 0 unspecified atom stereocenters. The second-order valence-electron chi connectivity index (χ2n) is 2.19. The van der Waals surface area contributed by atoms with Gasteiger partial charge < -0.3 is 0 Å². The fourth-order valence-electron chi connectivity index (χ4n) is 0.931. The number of aromatic nitrogens is 2. The number of hydrogen-bond acceptors (Lipinski definition) is 1. The Morgan fingerprint density at radius 3 is 2.91 bits per heavy atom. The van der Waals surface area contributed by atoms with Crippen molar-refractivity contribution in [2.45, 2.75) is 0 Å². The van der Waals surface area contributed by atoms with E-state index in [1.165, 1.54) is 0 Å². The highest BCUT2D eigenvalue weighted by Crippen LogP contribution is 2.12. The van der Waals surface area contributed by atoms with Crippen molar-refractivity contribution in [3.63, 3.8) is 0 Å². The summed E-state index contributed by atoms with van der Waals surface area (Å²) in [6.07, 6.45) is 1.73. The molecule has 52 valence electrons. The number of H-pyrrole nitrogens is 1. The van der Waals surface area contributed by atoms with Gasteiger partial charge in [0.25, 0.3) is 0 Å². The van der Waals surface area contributed by atoms with Crippen molar-refractivity contribution in [3.8, 4) is 11.3 Å². The molecule has 0 radical (unpaired) electrons. The Labute approximate surface area is 64.9 Å². The minimum atomic E-state index is 1.01. The molecule has 0 saturated heterocycles. The Hall–Kier alpha value is -1.75. The van der Waals surface area contributed by atoms with Gasteiger partial charge >= 0.3 is 0 Å². The van der Waals surface area contributed by atoms with Gasteiger partial charge in [0.2, 0.25) is 0 Å². The highest BCUT2D eigenvalue weighted by Gasteiger charge is 1.93. The minimum absolute atomic E-state index is 1.01. The molecule has 0 spiro atoms. The topological polar surface area (TPSA) is 28.7 Å². The summed E-state index contributed by atoms with van der Waals surface area (Å²) < 4.78 is 0. The van der Waals surface area contributed by atoms with Crippen molar-refractivity contribution >= 4 is 0 Å². The molecule has 0 aliphatic heterocycles. The number of nitrogens with one attached hydrogen (secondary N) is 1. The van der Waals surface area contributed by atoms with Gasteiger partial charge in [-0.2, -0.15) is 5.10 Å². The normalized spacial score (nSPS) is 9.09. The first-order valence-electron chi connectivity index (χ1n) is 3.34. The highest BCUT2D eigenvalue weighted by atomic mass is 15.1. The quantitative estimate of drug-likeness (QED) is 0.644. The molecule has 0 amide bonds. The van der Waals surface area contributed by atoms with Crippen molar-refractivity contribution in [1.29, 1.82) is 0 Å². The maximum absolute atomic E-state index is 3.85. The van der Waals surface area contributed by atoms with E-state index in [0.717, 1.165) is 11.3 Å². The van der Waals surface area contributed by atoms with Crippen LogP contribution < -0.4 is 0 Å². The van der Waals surface area contributed by atoms with E-state index >= 15 is 0 Å². The molecular weight excluding hydrogens is 136 g/mol. The summed E-state index contributed by atoms with van der Waals surface area (Å²) in [7, 11) is 0. The standard InChI is InChI=1S/C9H6N2/c1-2-4-8(5-3-1)9-6-7-10-11-9/h2,4-7H,(H,10,11). The zero-order chi connectivity index (χ0) is 7.52. The van der Waals surface area contributed by atoms with Crippen LogP contribution in [0.25, 0.3) is 11.3 Å². The monoisotopic (exact) mass is 142 g/mol. The Morgan fingerprint density at radius 2 is 2.27 bits per heavy atom. The third-order valence-electron chi connectivity index (χ3n) is 1.47. The maximum atomic E-state index is 3.85. The summed E-state index contributed by atoms with van der Waals surface area (Å²) in [6, 6.07) is 13.3. The van der Waals surface area contributed by atoms with Crippen LogP contribution in [-0.4, -0.2) is 10.2 Å².